The fourth-order valence-corrected chi connectivity index (χ4v) is 4.46. The highest BCUT2D eigenvalue weighted by Crippen LogP contribution is 2.37. The molecule has 0 amide bonds. The Morgan fingerprint density at radius 1 is 0.875 bits per heavy atom. The van der Waals surface area contributed by atoms with E-state index < -0.39 is 0 Å². The third-order valence-corrected chi connectivity index (χ3v) is 5.76. The van der Waals surface area contributed by atoms with E-state index in [4.69, 9.17) is 5.10 Å². The molecule has 0 radical (unpaired) electrons. The maximum atomic E-state index is 4.82. The average Bonchev–Trinajstić information content (AvgIpc) is 2.67. The molecule has 126 valence electrons. The van der Waals surface area contributed by atoms with Crippen LogP contribution in [0.1, 0.15) is 57.8 Å². The number of hydrazone groups is 1. The maximum Gasteiger partial charge on any atom is 0.146 e. The van der Waals surface area contributed by atoms with Gasteiger partial charge in [0.25, 0.3) is 0 Å². The van der Waals surface area contributed by atoms with Crippen molar-refractivity contribution in [2.75, 3.05) is 5.43 Å². The molecule has 1 N–H and O–H groups in total. The fourth-order valence-electron chi connectivity index (χ4n) is 4.46. The molecular weight excluding hydrogens is 294 g/mol. The molecule has 2 aromatic rings. The third kappa shape index (κ3) is 3.45. The van der Waals surface area contributed by atoms with E-state index in [0.29, 0.717) is 5.92 Å². The standard InChI is InChI=1S/C21H27N3/c1-2-8-16(9-3-1)18-11-5-7-13-20(18)23-24-21-15-14-17-10-4-6-12-19(17)22-21/h4,6,10,12,14-16,18H,1-3,5,7-9,11,13H2,(H,22,24)/b23-20-/t18-/m1/s1. The van der Waals surface area contributed by atoms with Gasteiger partial charge >= 0.3 is 0 Å². The first-order valence-electron chi connectivity index (χ1n) is 9.58. The second-order valence-electron chi connectivity index (χ2n) is 7.35. The van der Waals surface area contributed by atoms with Crippen molar-refractivity contribution in [1.29, 1.82) is 0 Å². The highest BCUT2D eigenvalue weighted by Gasteiger charge is 2.29. The van der Waals surface area contributed by atoms with Gasteiger partial charge in [-0.2, -0.15) is 5.10 Å². The minimum atomic E-state index is 0.701. The molecule has 2 aliphatic carbocycles. The number of rotatable bonds is 3. The molecule has 1 heterocycles. The molecule has 3 heteroatoms. The first-order chi connectivity index (χ1) is 11.9. The summed E-state index contributed by atoms with van der Waals surface area (Å²) in [4.78, 5) is 4.68. The van der Waals surface area contributed by atoms with Crippen LogP contribution in [0.5, 0.6) is 0 Å². The van der Waals surface area contributed by atoms with Crippen LogP contribution in [0.2, 0.25) is 0 Å². The molecule has 1 aromatic heterocycles. The van der Waals surface area contributed by atoms with Crippen molar-refractivity contribution >= 4 is 22.4 Å². The molecule has 3 nitrogen and oxygen atoms in total. The summed E-state index contributed by atoms with van der Waals surface area (Å²) in [5.41, 5.74) is 5.67. The summed E-state index contributed by atoms with van der Waals surface area (Å²) in [6, 6.07) is 12.4. The molecule has 2 fully saturated rings. The Hall–Kier alpha value is -1.90. The smallest absolute Gasteiger partial charge is 0.146 e. The molecule has 0 unspecified atom stereocenters. The fraction of sp³-hybridized carbons (Fsp3) is 0.524. The molecule has 24 heavy (non-hydrogen) atoms. The highest BCUT2D eigenvalue weighted by atomic mass is 15.3. The van der Waals surface area contributed by atoms with E-state index in [1.54, 1.807) is 0 Å². The van der Waals surface area contributed by atoms with E-state index in [1.807, 2.05) is 18.2 Å². The lowest BCUT2D eigenvalue weighted by atomic mass is 9.72. The van der Waals surface area contributed by atoms with Crippen LogP contribution in [0.3, 0.4) is 0 Å². The van der Waals surface area contributed by atoms with Crippen LogP contribution >= 0.6 is 0 Å². The minimum absolute atomic E-state index is 0.701. The van der Waals surface area contributed by atoms with Gasteiger partial charge in [0.15, 0.2) is 0 Å². The summed E-state index contributed by atoms with van der Waals surface area (Å²) in [5.74, 6) is 2.42. The van der Waals surface area contributed by atoms with Crippen LogP contribution in [0.25, 0.3) is 10.9 Å². The van der Waals surface area contributed by atoms with E-state index in [0.717, 1.165) is 23.7 Å². The lowest BCUT2D eigenvalue weighted by Gasteiger charge is -2.33. The normalized spacial score (nSPS) is 24.3. The Bertz CT molecular complexity index is 716. The van der Waals surface area contributed by atoms with Crippen LogP contribution in [0.4, 0.5) is 5.82 Å². The zero-order chi connectivity index (χ0) is 16.2. The zero-order valence-electron chi connectivity index (χ0n) is 14.4. The van der Waals surface area contributed by atoms with Crippen molar-refractivity contribution in [1.82, 2.24) is 4.98 Å². The Labute approximate surface area is 144 Å². The Morgan fingerprint density at radius 3 is 2.62 bits per heavy atom. The Kier molecular flexibility index (Phi) is 4.77. The number of fused-ring (bicyclic) bond motifs is 1. The van der Waals surface area contributed by atoms with Gasteiger partial charge < -0.3 is 0 Å². The first-order valence-corrected chi connectivity index (χ1v) is 9.58. The molecule has 0 bridgehead atoms. The van der Waals surface area contributed by atoms with E-state index in [-0.39, 0.29) is 0 Å². The van der Waals surface area contributed by atoms with Crippen LogP contribution in [0.15, 0.2) is 41.5 Å². The van der Waals surface area contributed by atoms with Crippen molar-refractivity contribution in [2.45, 2.75) is 57.8 Å². The molecule has 4 rings (SSSR count). The van der Waals surface area contributed by atoms with Gasteiger partial charge in [-0.05, 0) is 56.2 Å². The molecule has 2 saturated carbocycles. The van der Waals surface area contributed by atoms with Crippen molar-refractivity contribution in [3.05, 3.63) is 36.4 Å². The van der Waals surface area contributed by atoms with E-state index in [1.165, 1.54) is 62.5 Å². The molecule has 1 aromatic carbocycles. The SMILES string of the molecule is c1ccc2nc(N/N=C3/CCCC[C@@H]3C3CCCCC3)ccc2c1. The van der Waals surface area contributed by atoms with Crippen molar-refractivity contribution in [3.63, 3.8) is 0 Å². The third-order valence-electron chi connectivity index (χ3n) is 5.76. The average molecular weight is 321 g/mol. The van der Waals surface area contributed by atoms with Gasteiger partial charge in [0.2, 0.25) is 0 Å². The number of benzene rings is 1. The summed E-state index contributed by atoms with van der Waals surface area (Å²) in [5, 5.41) is 6.00. The second-order valence-corrected chi connectivity index (χ2v) is 7.35. The summed E-state index contributed by atoms with van der Waals surface area (Å²) >= 11 is 0. The highest BCUT2D eigenvalue weighted by molar-refractivity contribution is 5.88. The lowest BCUT2D eigenvalue weighted by molar-refractivity contribution is 0.274. The monoisotopic (exact) mass is 321 g/mol. The number of hydrogen-bond donors (Lipinski definition) is 1. The molecule has 2 aliphatic rings. The second kappa shape index (κ2) is 7.33. The predicted molar refractivity (Wildman–Crippen MR) is 101 cm³/mol. The summed E-state index contributed by atoms with van der Waals surface area (Å²) < 4.78 is 0. The van der Waals surface area contributed by atoms with Gasteiger partial charge in [-0.15, -0.1) is 0 Å². The number of aromatic nitrogens is 1. The van der Waals surface area contributed by atoms with E-state index >= 15 is 0 Å². The van der Waals surface area contributed by atoms with Gasteiger partial charge in [0.1, 0.15) is 5.82 Å². The van der Waals surface area contributed by atoms with E-state index in [9.17, 15) is 0 Å². The molecule has 0 aliphatic heterocycles. The van der Waals surface area contributed by atoms with Crippen LogP contribution < -0.4 is 5.43 Å². The van der Waals surface area contributed by atoms with Crippen LogP contribution in [-0.2, 0) is 0 Å². The predicted octanol–water partition coefficient (Wildman–Crippen LogP) is 5.77. The minimum Gasteiger partial charge on any atom is -0.261 e. The first kappa shape index (κ1) is 15.6. The number of pyridine rings is 1. The van der Waals surface area contributed by atoms with Crippen molar-refractivity contribution in [2.24, 2.45) is 16.9 Å². The Balaban J connectivity index is 1.51. The van der Waals surface area contributed by atoms with Gasteiger partial charge in [-0.25, -0.2) is 4.98 Å². The Morgan fingerprint density at radius 2 is 1.71 bits per heavy atom. The number of nitrogens with one attached hydrogen (secondary N) is 1. The maximum absolute atomic E-state index is 4.82. The topological polar surface area (TPSA) is 37.3 Å². The van der Waals surface area contributed by atoms with Gasteiger partial charge in [0, 0.05) is 17.0 Å². The largest absolute Gasteiger partial charge is 0.261 e. The van der Waals surface area contributed by atoms with Crippen LogP contribution in [-0.4, -0.2) is 10.7 Å². The van der Waals surface area contributed by atoms with Crippen LogP contribution in [0, 0.1) is 11.8 Å². The van der Waals surface area contributed by atoms with Gasteiger partial charge in [0.05, 0.1) is 5.52 Å². The quantitative estimate of drug-likeness (QED) is 0.728. The molecule has 0 spiro atoms. The van der Waals surface area contributed by atoms with Crippen molar-refractivity contribution in [3.8, 4) is 0 Å². The molecular formula is C21H27N3. The van der Waals surface area contributed by atoms with Crippen molar-refractivity contribution < 1.29 is 0 Å². The molecule has 0 saturated heterocycles. The van der Waals surface area contributed by atoms with E-state index in [2.05, 4.69) is 28.6 Å². The summed E-state index contributed by atoms with van der Waals surface area (Å²) in [7, 11) is 0. The lowest BCUT2D eigenvalue weighted by Crippen LogP contribution is -2.29. The number of hydrogen-bond acceptors (Lipinski definition) is 3. The van der Waals surface area contributed by atoms with Gasteiger partial charge in [-0.3, -0.25) is 5.43 Å². The zero-order valence-corrected chi connectivity index (χ0v) is 14.4. The summed E-state index contributed by atoms with van der Waals surface area (Å²) in [6.45, 7) is 0. The number of anilines is 1. The van der Waals surface area contributed by atoms with Gasteiger partial charge in [-0.1, -0.05) is 43.9 Å². The molecule has 1 atom stereocenters. The summed E-state index contributed by atoms with van der Waals surface area (Å²) in [6.07, 6.45) is 12.2. The number of nitrogens with zero attached hydrogens (tertiary/aromatic N) is 2. The number of para-hydroxylation sites is 1.